The van der Waals surface area contributed by atoms with E-state index in [0.717, 1.165) is 23.0 Å². The molecule has 0 spiro atoms. The number of terminal acetylenes is 1. The van der Waals surface area contributed by atoms with Gasteiger partial charge in [0.1, 0.15) is 32.1 Å². The van der Waals surface area contributed by atoms with Crippen molar-refractivity contribution in [3.63, 3.8) is 0 Å². The summed E-state index contributed by atoms with van der Waals surface area (Å²) in [6, 6.07) is 29.0. The summed E-state index contributed by atoms with van der Waals surface area (Å²) < 4.78 is 116. The van der Waals surface area contributed by atoms with Crippen molar-refractivity contribution in [2.45, 2.75) is 70.3 Å². The molecule has 0 atom stereocenters. The van der Waals surface area contributed by atoms with Crippen molar-refractivity contribution in [1.29, 1.82) is 0 Å². The van der Waals surface area contributed by atoms with Crippen molar-refractivity contribution in [3.05, 3.63) is 166 Å². The van der Waals surface area contributed by atoms with Gasteiger partial charge < -0.3 is 9.13 Å². The number of hydrogen-bond acceptors (Lipinski definition) is 4. The zero-order chi connectivity index (χ0) is 44.8. The molecule has 0 bridgehead atoms. The Hall–Kier alpha value is -6.58. The maximum atomic E-state index is 14.6. The van der Waals surface area contributed by atoms with Crippen LogP contribution in [0.15, 0.2) is 120 Å². The predicted octanol–water partition coefficient (Wildman–Crippen LogP) is 11.2. The summed E-state index contributed by atoms with van der Waals surface area (Å²) in [5, 5.41) is 0. The zero-order valence-electron chi connectivity index (χ0n) is 34.1. The summed E-state index contributed by atoms with van der Waals surface area (Å²) in [7, 11) is -1.62. The molecule has 0 unspecified atom stereocenters. The van der Waals surface area contributed by atoms with Gasteiger partial charge in [0.2, 0.25) is 0 Å². The minimum Gasteiger partial charge on any atom is -0.300 e. The fourth-order valence-electron chi connectivity index (χ4n) is 6.87. The van der Waals surface area contributed by atoms with Gasteiger partial charge in [0.25, 0.3) is 0 Å². The van der Waals surface area contributed by atoms with Crippen molar-refractivity contribution < 1.29 is 35.1 Å². The van der Waals surface area contributed by atoms with E-state index in [1.807, 2.05) is 66.7 Å². The van der Waals surface area contributed by atoms with Crippen molar-refractivity contribution in [1.82, 2.24) is 19.1 Å². The van der Waals surface area contributed by atoms with Crippen molar-refractivity contribution in [2.24, 2.45) is 9.98 Å². The lowest BCUT2D eigenvalue weighted by molar-refractivity contribution is -0.207. The number of aromatic nitrogens is 4. The first-order chi connectivity index (χ1) is 29.1. The Kier molecular flexibility index (Phi) is 11.2. The standard InChI is InChI=1S/C25H23F4N3Si.C22H15F4N3/c1-24(26,27)25(28,29)23-21-15-30-22(18-8-6-5-7-9-18)19-14-17(12-13-33(2,3)4)10-11-20(19)32(21)16-31-23;1-3-14-9-10-17-16(11-14)19(15-7-5-4-6-8-15)27-12-18-20(28-13-29(17)18)22(25,26)21(2,23)24/h5-11,14,16H,15H2,1-4H3;1,4-11,13H,12H2,2H3. The van der Waals surface area contributed by atoms with E-state index in [-0.39, 0.29) is 38.3 Å². The molecule has 0 fully saturated rings. The second-order valence-electron chi connectivity index (χ2n) is 15.9. The second-order valence-corrected chi connectivity index (χ2v) is 20.7. The van der Waals surface area contributed by atoms with Gasteiger partial charge in [0.05, 0.1) is 47.3 Å². The Balaban J connectivity index is 0.000000188. The predicted molar refractivity (Wildman–Crippen MR) is 226 cm³/mol. The summed E-state index contributed by atoms with van der Waals surface area (Å²) in [5.74, 6) is -11.6. The van der Waals surface area contributed by atoms with E-state index in [0.29, 0.717) is 39.5 Å². The molecule has 0 radical (unpaired) electrons. The van der Waals surface area contributed by atoms with Crippen molar-refractivity contribution >= 4 is 19.5 Å². The summed E-state index contributed by atoms with van der Waals surface area (Å²) in [6.45, 7) is 6.36. The number of benzene rings is 4. The number of hydrogen-bond donors (Lipinski definition) is 0. The van der Waals surface area contributed by atoms with Gasteiger partial charge in [-0.3, -0.25) is 9.98 Å². The molecule has 0 amide bonds. The van der Waals surface area contributed by atoms with Crippen molar-refractivity contribution in [3.8, 4) is 35.2 Å². The number of halogens is 8. The summed E-state index contributed by atoms with van der Waals surface area (Å²) in [6.07, 6.45) is 7.81. The van der Waals surface area contributed by atoms with Crippen LogP contribution >= 0.6 is 0 Å². The lowest BCUT2D eigenvalue weighted by Gasteiger charge is -2.22. The Morgan fingerprint density at radius 1 is 0.581 bits per heavy atom. The van der Waals surface area contributed by atoms with Gasteiger partial charge in [-0.15, -0.1) is 12.0 Å². The van der Waals surface area contributed by atoms with E-state index < -0.39 is 43.2 Å². The van der Waals surface area contributed by atoms with Gasteiger partial charge in [0, 0.05) is 47.2 Å². The summed E-state index contributed by atoms with van der Waals surface area (Å²) in [4.78, 5) is 16.4. The van der Waals surface area contributed by atoms with Gasteiger partial charge in [-0.1, -0.05) is 92.1 Å². The highest BCUT2D eigenvalue weighted by Crippen LogP contribution is 2.46. The molecule has 0 N–H and O–H groups in total. The largest absolute Gasteiger partial charge is 0.353 e. The van der Waals surface area contributed by atoms with Crippen LogP contribution in [-0.2, 0) is 24.9 Å². The number of rotatable bonds is 6. The molecule has 62 heavy (non-hydrogen) atoms. The molecule has 6 aromatic rings. The Bertz CT molecular complexity index is 2830. The van der Waals surface area contributed by atoms with Gasteiger partial charge in [0.15, 0.2) is 0 Å². The van der Waals surface area contributed by atoms with Crippen LogP contribution in [0.5, 0.6) is 0 Å². The molecule has 6 nitrogen and oxygen atoms in total. The minimum atomic E-state index is -4.43. The molecule has 0 saturated carbocycles. The molecule has 8 rings (SSSR count). The van der Waals surface area contributed by atoms with Crippen LogP contribution in [0.4, 0.5) is 35.1 Å². The molecule has 15 heteroatoms. The topological polar surface area (TPSA) is 60.4 Å². The van der Waals surface area contributed by atoms with Gasteiger partial charge in [-0.05, 0) is 36.4 Å². The quantitative estimate of drug-likeness (QED) is 0.0951. The lowest BCUT2D eigenvalue weighted by atomic mass is 9.98. The number of nitrogens with zero attached hydrogens (tertiary/aromatic N) is 6. The third-order valence-corrected chi connectivity index (χ3v) is 10.9. The van der Waals surface area contributed by atoms with Crippen LogP contribution in [0.3, 0.4) is 0 Å². The molecule has 0 saturated heterocycles. The molecule has 4 heterocycles. The van der Waals surface area contributed by atoms with Crippen LogP contribution in [0.25, 0.3) is 11.4 Å². The monoisotopic (exact) mass is 866 g/mol. The third kappa shape index (κ3) is 8.25. The molecule has 2 aromatic heterocycles. The van der Waals surface area contributed by atoms with Crippen LogP contribution in [0, 0.1) is 23.8 Å². The van der Waals surface area contributed by atoms with E-state index in [9.17, 15) is 35.1 Å². The number of alkyl halides is 8. The molecule has 4 aromatic carbocycles. The molecular weight excluding hydrogens is 829 g/mol. The second kappa shape index (κ2) is 16.0. The molecule has 2 aliphatic rings. The van der Waals surface area contributed by atoms with Crippen LogP contribution in [-0.4, -0.2) is 50.4 Å². The van der Waals surface area contributed by atoms with Crippen LogP contribution in [0.2, 0.25) is 19.6 Å². The highest BCUT2D eigenvalue weighted by Gasteiger charge is 2.57. The Labute approximate surface area is 354 Å². The third-order valence-electron chi connectivity index (χ3n) is 10.1. The highest BCUT2D eigenvalue weighted by molar-refractivity contribution is 6.83. The smallest absolute Gasteiger partial charge is 0.300 e. The Morgan fingerprint density at radius 2 is 0.984 bits per heavy atom. The van der Waals surface area contributed by atoms with Gasteiger partial charge in [-0.2, -0.15) is 35.1 Å². The molecule has 316 valence electrons. The maximum Gasteiger partial charge on any atom is 0.353 e. The normalized spacial score (nSPS) is 13.8. The van der Waals surface area contributed by atoms with Gasteiger partial charge >= 0.3 is 23.7 Å². The average molecular weight is 867 g/mol. The summed E-state index contributed by atoms with van der Waals surface area (Å²) >= 11 is 0. The van der Waals surface area contributed by atoms with E-state index >= 15 is 0 Å². The van der Waals surface area contributed by atoms with Crippen molar-refractivity contribution in [2.75, 3.05) is 0 Å². The Morgan fingerprint density at radius 3 is 1.37 bits per heavy atom. The number of aliphatic imine (C=N–C) groups is 2. The first-order valence-electron chi connectivity index (χ1n) is 19.3. The van der Waals surface area contributed by atoms with Gasteiger partial charge in [-0.25, -0.2) is 9.97 Å². The average Bonchev–Trinajstić information content (AvgIpc) is 3.77. The molecule has 0 aliphatic carbocycles. The summed E-state index contributed by atoms with van der Waals surface area (Å²) in [5.41, 5.74) is 7.60. The minimum absolute atomic E-state index is 0.0605. The zero-order valence-corrected chi connectivity index (χ0v) is 35.1. The van der Waals surface area contributed by atoms with E-state index in [1.54, 1.807) is 30.3 Å². The lowest BCUT2D eigenvalue weighted by Crippen LogP contribution is -2.36. The van der Waals surface area contributed by atoms with Crippen LogP contribution < -0.4 is 0 Å². The number of imidazole rings is 2. The highest BCUT2D eigenvalue weighted by atomic mass is 28.3. The van der Waals surface area contributed by atoms with Crippen LogP contribution in [0.1, 0.15) is 70.0 Å². The maximum absolute atomic E-state index is 14.6. The molecule has 2 aliphatic heterocycles. The van der Waals surface area contributed by atoms with E-state index in [1.165, 1.54) is 15.5 Å². The van der Waals surface area contributed by atoms with E-state index in [2.05, 4.69) is 57.0 Å². The fourth-order valence-corrected chi connectivity index (χ4v) is 7.39. The fraction of sp³-hybridized carbons (Fsp3) is 0.234. The first-order valence-corrected chi connectivity index (χ1v) is 22.8. The molecular formula is C47H38F8N6Si. The SMILES string of the molecule is C#Cc1ccc2c(c1)C(c1ccccc1)=NCc1c(C(F)(F)C(C)(F)F)ncn1-2.CC(F)(F)C(F)(F)c1ncn2c1CN=C(c1ccccc1)c1cc(C#C[Si](C)(C)C)ccc1-2. The first kappa shape index (κ1) is 43.5. The van der Waals surface area contributed by atoms with E-state index in [4.69, 9.17) is 6.42 Å². The number of fused-ring (bicyclic) bond motifs is 6.